The van der Waals surface area contributed by atoms with E-state index in [1.165, 1.54) is 25.1 Å². The van der Waals surface area contributed by atoms with Crippen LogP contribution in [0.2, 0.25) is 0 Å². The largest absolute Gasteiger partial charge is 0.494 e. The number of azo groups is 2. The minimum atomic E-state index is -4.79. The molecule has 0 atom stereocenters. The molecule has 0 amide bonds. The van der Waals surface area contributed by atoms with Crippen LogP contribution in [0.25, 0.3) is 0 Å². The monoisotopic (exact) mass is 883 g/mol. The minimum Gasteiger partial charge on any atom is -0.494 e. The zero-order valence-electron chi connectivity index (χ0n) is 33.0. The second-order valence-corrected chi connectivity index (χ2v) is 16.3. The number of hydrogen-bond acceptors (Lipinski definition) is 22. The molecule has 3 aromatic heterocycles. The highest BCUT2D eigenvalue weighted by atomic mass is 32.2. The second kappa shape index (κ2) is 20.3. The molecule has 0 aliphatic carbocycles. The fourth-order valence-corrected chi connectivity index (χ4v) is 8.22. The molecule has 0 saturated carbocycles. The number of thioether (sulfide) groups is 1. The van der Waals surface area contributed by atoms with Gasteiger partial charge in [-0.3, -0.25) is 14.1 Å². The Balaban J connectivity index is 1.63. The number of methoxy groups -OCH3 is 2. The number of benzene rings is 2. The summed E-state index contributed by atoms with van der Waals surface area (Å²) in [6.45, 7) is 12.7. The average Bonchev–Trinajstić information content (AvgIpc) is 3.88. The van der Waals surface area contributed by atoms with E-state index in [4.69, 9.17) is 14.5 Å². The van der Waals surface area contributed by atoms with Crippen molar-refractivity contribution in [3.8, 4) is 11.5 Å². The number of aldehydes is 2. The molecule has 0 bridgehead atoms. The maximum Gasteiger partial charge on any atom is 0.313 e. The van der Waals surface area contributed by atoms with Gasteiger partial charge in [0.05, 0.1) is 48.0 Å². The van der Waals surface area contributed by atoms with Crippen LogP contribution in [0.15, 0.2) is 61.1 Å². The summed E-state index contributed by atoms with van der Waals surface area (Å²) in [4.78, 5) is 49.1. The first-order chi connectivity index (χ1) is 28.4. The van der Waals surface area contributed by atoms with Gasteiger partial charge in [0.1, 0.15) is 27.8 Å². The molecule has 0 radical (unpaired) electrons. The van der Waals surface area contributed by atoms with E-state index in [9.17, 15) is 22.6 Å². The molecule has 59 heavy (non-hydrogen) atoms. The summed E-state index contributed by atoms with van der Waals surface area (Å²) in [5.74, 6) is 1.95. The van der Waals surface area contributed by atoms with Gasteiger partial charge in [0, 0.05) is 38.3 Å². The van der Waals surface area contributed by atoms with Gasteiger partial charge in [-0.05, 0) is 45.6 Å². The molecule has 3 heterocycles. The lowest BCUT2D eigenvalue weighted by Gasteiger charge is -2.25. The Morgan fingerprint density at radius 3 is 1.68 bits per heavy atom. The third-order valence-corrected chi connectivity index (χ3v) is 11.6. The molecule has 0 saturated heterocycles. The Morgan fingerprint density at radius 2 is 1.27 bits per heavy atom. The van der Waals surface area contributed by atoms with Crippen LogP contribution >= 0.6 is 34.4 Å². The Labute approximate surface area is 352 Å². The van der Waals surface area contributed by atoms with Gasteiger partial charge < -0.3 is 29.9 Å². The molecule has 0 unspecified atom stereocenters. The molecule has 5 aromatic rings. The van der Waals surface area contributed by atoms with Gasteiger partial charge in [-0.2, -0.15) is 23.4 Å². The van der Waals surface area contributed by atoms with Crippen molar-refractivity contribution >= 4 is 113 Å². The maximum absolute atomic E-state index is 11.8. The molecular formula is C35H41N13O7S4. The van der Waals surface area contributed by atoms with E-state index < -0.39 is 15.1 Å². The van der Waals surface area contributed by atoms with E-state index in [1.54, 1.807) is 25.3 Å². The topological polar surface area (TPSA) is 251 Å². The van der Waals surface area contributed by atoms with Crippen LogP contribution in [-0.2, 0) is 10.1 Å². The van der Waals surface area contributed by atoms with E-state index in [0.29, 0.717) is 88.1 Å². The summed E-state index contributed by atoms with van der Waals surface area (Å²) in [7, 11) is -1.71. The first kappa shape index (κ1) is 44.4. The number of nitrogens with one attached hydrogen (secondary N) is 2. The van der Waals surface area contributed by atoms with Crippen molar-refractivity contribution in [1.82, 2.24) is 24.9 Å². The van der Waals surface area contributed by atoms with Crippen molar-refractivity contribution in [1.29, 1.82) is 0 Å². The summed E-state index contributed by atoms with van der Waals surface area (Å²) < 4.78 is 44.7. The summed E-state index contributed by atoms with van der Waals surface area (Å²) >= 11 is 3.11. The predicted octanol–water partition coefficient (Wildman–Crippen LogP) is 8.80. The number of carbonyl (C=O) groups is 2. The van der Waals surface area contributed by atoms with Crippen molar-refractivity contribution < 1.29 is 32.0 Å². The van der Waals surface area contributed by atoms with Crippen LogP contribution < -0.4 is 29.9 Å². The van der Waals surface area contributed by atoms with Crippen LogP contribution in [0.5, 0.6) is 11.5 Å². The first-order valence-electron chi connectivity index (χ1n) is 18.0. The van der Waals surface area contributed by atoms with Crippen molar-refractivity contribution in [3.05, 3.63) is 40.2 Å². The molecule has 2 aromatic carbocycles. The Morgan fingerprint density at radius 1 is 0.746 bits per heavy atom. The minimum absolute atomic E-state index is 0.126. The number of anilines is 6. The fourth-order valence-electron chi connectivity index (χ4n) is 5.51. The number of carbonyl (C=O) groups excluding carboxylic acids is 2. The second-order valence-electron chi connectivity index (χ2n) is 11.7. The molecular weight excluding hydrogens is 843 g/mol. The number of nitrogens with zero attached hydrogens (tertiary/aromatic N) is 11. The van der Waals surface area contributed by atoms with Crippen molar-refractivity contribution in [2.75, 3.05) is 66.6 Å². The number of rotatable bonds is 21. The summed E-state index contributed by atoms with van der Waals surface area (Å²) in [6.07, 6.45) is 2.38. The molecule has 20 nitrogen and oxygen atoms in total. The van der Waals surface area contributed by atoms with Crippen LogP contribution in [0.4, 0.5) is 56.3 Å². The third kappa shape index (κ3) is 10.9. The number of thiazole rings is 2. The van der Waals surface area contributed by atoms with Crippen molar-refractivity contribution in [3.63, 3.8) is 0 Å². The lowest BCUT2D eigenvalue weighted by molar-refractivity contribution is 0.111. The van der Waals surface area contributed by atoms with Gasteiger partial charge in [-0.15, -0.1) is 20.5 Å². The van der Waals surface area contributed by atoms with Crippen LogP contribution in [0.3, 0.4) is 0 Å². The summed E-state index contributed by atoms with van der Waals surface area (Å²) in [5.41, 5.74) is 2.96. The third-order valence-electron chi connectivity index (χ3n) is 8.26. The standard InChI is InChI=1S/C35H41N13O7S4/c1-8-47(9-2)25-13-21(23(15-27(25)54-6)43-45-33-36-17-20(18-49)57-33)37-31-40-32(42-34(41-31)56-12-5)38-22-14-26(48(10-3)11-4)28(55-7)16-24(22)44-46-35-39-30(59(51,52)53)29(19-50)58-35/h13-19H,8-12H2,1-7H3,(H,51,52,53)(H2,37,38,40,41,42)/b45-43+,46-44+. The molecule has 3 N–H and O–H groups in total. The van der Waals surface area contributed by atoms with Gasteiger partial charge in [0.15, 0.2) is 17.7 Å². The van der Waals surface area contributed by atoms with Gasteiger partial charge in [0.25, 0.3) is 0 Å². The SMILES string of the molecule is CCSc1nc(Nc2cc(N(CC)CC)c(OC)cc2/N=N/c2ncc(C=O)s2)nc(Nc2cc(N(CC)CC)c(OC)cc2/N=N/c2nc(S(=O)(=O)O)c(C=O)s2)n1. The van der Waals surface area contributed by atoms with Crippen LogP contribution in [0.1, 0.15) is 54.0 Å². The molecule has 24 heteroatoms. The van der Waals surface area contributed by atoms with Crippen LogP contribution in [-0.4, -0.2) is 96.6 Å². The number of aromatic nitrogens is 5. The van der Waals surface area contributed by atoms with Gasteiger partial charge in [0.2, 0.25) is 27.2 Å². The van der Waals surface area contributed by atoms with E-state index in [2.05, 4.69) is 60.8 Å². The lowest BCUT2D eigenvalue weighted by Crippen LogP contribution is -2.22. The number of ether oxygens (including phenoxy) is 2. The molecule has 312 valence electrons. The first-order valence-corrected chi connectivity index (χ1v) is 22.0. The van der Waals surface area contributed by atoms with E-state index in [-0.39, 0.29) is 39.0 Å². The highest BCUT2D eigenvalue weighted by molar-refractivity contribution is 7.99. The molecule has 0 aliphatic heterocycles. The summed E-state index contributed by atoms with van der Waals surface area (Å²) in [5, 5.41) is 23.4. The molecule has 0 spiro atoms. The fraction of sp³-hybridized carbons (Fsp3) is 0.343. The molecule has 5 rings (SSSR count). The molecule has 0 aliphatic rings. The maximum atomic E-state index is 11.8. The average molecular weight is 884 g/mol. The predicted molar refractivity (Wildman–Crippen MR) is 229 cm³/mol. The zero-order chi connectivity index (χ0) is 42.7. The van der Waals surface area contributed by atoms with E-state index in [1.807, 2.05) is 40.7 Å². The van der Waals surface area contributed by atoms with E-state index in [0.717, 1.165) is 22.7 Å². The van der Waals surface area contributed by atoms with Crippen molar-refractivity contribution in [2.24, 2.45) is 20.5 Å². The smallest absolute Gasteiger partial charge is 0.313 e. The van der Waals surface area contributed by atoms with Gasteiger partial charge in [-0.25, -0.2) is 9.97 Å². The normalized spacial score (nSPS) is 11.6. The van der Waals surface area contributed by atoms with Gasteiger partial charge in [-0.1, -0.05) is 41.4 Å². The van der Waals surface area contributed by atoms with Gasteiger partial charge >= 0.3 is 10.1 Å². The highest BCUT2D eigenvalue weighted by Gasteiger charge is 2.23. The quantitative estimate of drug-likeness (QED) is 0.0269. The zero-order valence-corrected chi connectivity index (χ0v) is 36.3. The molecule has 0 fully saturated rings. The highest BCUT2D eigenvalue weighted by Crippen LogP contribution is 2.43. The lowest BCUT2D eigenvalue weighted by atomic mass is 10.2. The number of hydrogen-bond donors (Lipinski definition) is 3. The Bertz CT molecular complexity index is 2450. The van der Waals surface area contributed by atoms with E-state index >= 15 is 0 Å². The Hall–Kier alpha value is -5.69. The van der Waals surface area contributed by atoms with Crippen LogP contribution in [0, 0.1) is 0 Å². The van der Waals surface area contributed by atoms with Crippen molar-refractivity contribution in [2.45, 2.75) is 44.8 Å². The Kier molecular flexibility index (Phi) is 15.3. The summed E-state index contributed by atoms with van der Waals surface area (Å²) in [6, 6.07) is 7.02.